The predicted molar refractivity (Wildman–Crippen MR) is 88.3 cm³/mol. The number of ether oxygens (including phenoxy) is 1. The van der Waals surface area contributed by atoms with Crippen LogP contribution in [-0.2, 0) is 0 Å². The van der Waals surface area contributed by atoms with E-state index in [0.29, 0.717) is 0 Å². The van der Waals surface area contributed by atoms with E-state index >= 15 is 0 Å². The number of benzene rings is 1. The van der Waals surface area contributed by atoms with Crippen LogP contribution in [0.25, 0.3) is 21.5 Å². The van der Waals surface area contributed by atoms with E-state index in [-0.39, 0.29) is 0 Å². The topological polar surface area (TPSA) is 47.9 Å². The summed E-state index contributed by atoms with van der Waals surface area (Å²) in [5.74, 6) is 1.80. The fourth-order valence-corrected chi connectivity index (χ4v) is 3.74. The number of fused-ring (bicyclic) bond motifs is 1. The maximum atomic E-state index is 5.20. The van der Waals surface area contributed by atoms with Crippen molar-refractivity contribution in [3.63, 3.8) is 0 Å². The Balaban J connectivity index is 2.16. The highest BCUT2D eigenvalue weighted by molar-refractivity contribution is 7.99. The summed E-state index contributed by atoms with van der Waals surface area (Å²) in [5.41, 5.74) is 2.88. The van der Waals surface area contributed by atoms with Crippen LogP contribution in [0.3, 0.4) is 0 Å². The zero-order chi connectivity index (χ0) is 14.8. The number of thioether (sulfide) groups is 1. The van der Waals surface area contributed by atoms with E-state index in [1.54, 1.807) is 30.2 Å². The zero-order valence-corrected chi connectivity index (χ0v) is 13.7. The van der Waals surface area contributed by atoms with Crippen molar-refractivity contribution in [2.45, 2.75) is 18.9 Å². The monoisotopic (exact) mass is 317 g/mol. The number of thiazole rings is 1. The number of aryl methyl sites for hydroxylation is 1. The van der Waals surface area contributed by atoms with Gasteiger partial charge in [0.1, 0.15) is 22.0 Å². The summed E-state index contributed by atoms with van der Waals surface area (Å²) in [4.78, 5) is 4.62. The van der Waals surface area contributed by atoms with E-state index in [1.165, 1.54) is 0 Å². The molecule has 0 unspecified atom stereocenters. The average Bonchev–Trinajstić information content (AvgIpc) is 2.90. The molecule has 6 heteroatoms. The smallest absolute Gasteiger partial charge is 0.146 e. The Morgan fingerprint density at radius 3 is 2.62 bits per heavy atom. The first kappa shape index (κ1) is 14.3. The summed E-state index contributed by atoms with van der Waals surface area (Å²) in [6, 6.07) is 7.88. The van der Waals surface area contributed by atoms with Crippen molar-refractivity contribution in [2.75, 3.05) is 12.9 Å². The standard InChI is InChI=1S/C15H15N3OS2/c1-4-20-15-13-14(21-9(2)16-13)12(17-18-15)10-5-7-11(19-3)8-6-10/h5-8H,4H2,1-3H3. The molecule has 2 aromatic heterocycles. The molecule has 0 radical (unpaired) electrons. The van der Waals surface area contributed by atoms with Crippen LogP contribution in [0.5, 0.6) is 5.75 Å². The van der Waals surface area contributed by atoms with E-state index in [1.807, 2.05) is 31.2 Å². The fraction of sp³-hybridized carbons (Fsp3) is 0.267. The summed E-state index contributed by atoms with van der Waals surface area (Å²) in [5, 5.41) is 10.7. The van der Waals surface area contributed by atoms with Crippen LogP contribution in [0.2, 0.25) is 0 Å². The number of methoxy groups -OCH3 is 1. The van der Waals surface area contributed by atoms with Gasteiger partial charge in [-0.3, -0.25) is 0 Å². The molecular weight excluding hydrogens is 302 g/mol. The molecule has 0 aliphatic heterocycles. The maximum Gasteiger partial charge on any atom is 0.146 e. The Kier molecular flexibility index (Phi) is 4.07. The third kappa shape index (κ3) is 2.73. The summed E-state index contributed by atoms with van der Waals surface area (Å²) in [6.07, 6.45) is 0. The van der Waals surface area contributed by atoms with Crippen LogP contribution in [-0.4, -0.2) is 28.0 Å². The van der Waals surface area contributed by atoms with Crippen LogP contribution in [0.1, 0.15) is 11.9 Å². The van der Waals surface area contributed by atoms with Gasteiger partial charge in [0.05, 0.1) is 16.8 Å². The number of hydrogen-bond acceptors (Lipinski definition) is 6. The molecule has 0 amide bonds. The van der Waals surface area contributed by atoms with Gasteiger partial charge in [0.25, 0.3) is 0 Å². The third-order valence-corrected chi connectivity index (χ3v) is 4.85. The molecule has 0 saturated heterocycles. The molecule has 0 spiro atoms. The molecule has 0 aliphatic carbocycles. The second kappa shape index (κ2) is 5.99. The Bertz CT molecular complexity index is 768. The molecule has 0 saturated carbocycles. The zero-order valence-electron chi connectivity index (χ0n) is 12.1. The molecule has 0 N–H and O–H groups in total. The SMILES string of the molecule is CCSc1nnc(-c2ccc(OC)cc2)c2sc(C)nc12. The van der Waals surface area contributed by atoms with Gasteiger partial charge in [0, 0.05) is 5.56 Å². The molecule has 0 bridgehead atoms. The van der Waals surface area contributed by atoms with Crippen molar-refractivity contribution >= 4 is 33.3 Å². The van der Waals surface area contributed by atoms with Crippen molar-refractivity contribution < 1.29 is 4.74 Å². The Morgan fingerprint density at radius 2 is 1.95 bits per heavy atom. The van der Waals surface area contributed by atoms with E-state index < -0.39 is 0 Å². The summed E-state index contributed by atoms with van der Waals surface area (Å²) in [6.45, 7) is 4.12. The molecular formula is C15H15N3OS2. The van der Waals surface area contributed by atoms with Crippen LogP contribution in [0.4, 0.5) is 0 Å². The van der Waals surface area contributed by atoms with Crippen LogP contribution >= 0.6 is 23.1 Å². The van der Waals surface area contributed by atoms with E-state index in [0.717, 1.165) is 43.0 Å². The predicted octanol–water partition coefficient (Wildman–Crippen LogP) is 4.18. The lowest BCUT2D eigenvalue weighted by atomic mass is 10.1. The van der Waals surface area contributed by atoms with Gasteiger partial charge in [-0.15, -0.1) is 33.3 Å². The number of aromatic nitrogens is 3. The van der Waals surface area contributed by atoms with Gasteiger partial charge in [-0.2, -0.15) is 0 Å². The highest BCUT2D eigenvalue weighted by atomic mass is 32.2. The number of nitrogens with zero attached hydrogens (tertiary/aromatic N) is 3. The second-order valence-electron chi connectivity index (χ2n) is 4.43. The first-order valence-electron chi connectivity index (χ1n) is 6.64. The van der Waals surface area contributed by atoms with Gasteiger partial charge in [0.15, 0.2) is 0 Å². The van der Waals surface area contributed by atoms with E-state index in [2.05, 4.69) is 22.1 Å². The lowest BCUT2D eigenvalue weighted by molar-refractivity contribution is 0.415. The van der Waals surface area contributed by atoms with Crippen LogP contribution in [0.15, 0.2) is 29.3 Å². The largest absolute Gasteiger partial charge is 0.497 e. The minimum absolute atomic E-state index is 0.835. The van der Waals surface area contributed by atoms with Gasteiger partial charge in [-0.05, 0) is 36.9 Å². The Morgan fingerprint density at radius 1 is 1.19 bits per heavy atom. The second-order valence-corrected chi connectivity index (χ2v) is 6.88. The molecule has 3 aromatic rings. The lowest BCUT2D eigenvalue weighted by Crippen LogP contribution is -1.92. The maximum absolute atomic E-state index is 5.20. The van der Waals surface area contributed by atoms with E-state index in [9.17, 15) is 0 Å². The molecule has 21 heavy (non-hydrogen) atoms. The molecule has 0 fully saturated rings. The molecule has 4 nitrogen and oxygen atoms in total. The number of rotatable bonds is 4. The summed E-state index contributed by atoms with van der Waals surface area (Å²) >= 11 is 3.34. The molecule has 108 valence electrons. The quantitative estimate of drug-likeness (QED) is 0.676. The summed E-state index contributed by atoms with van der Waals surface area (Å²) < 4.78 is 6.30. The Hall–Kier alpha value is -1.66. The van der Waals surface area contributed by atoms with Crippen LogP contribution < -0.4 is 4.74 Å². The highest BCUT2D eigenvalue weighted by Gasteiger charge is 2.15. The number of hydrogen-bond donors (Lipinski definition) is 0. The van der Waals surface area contributed by atoms with Gasteiger partial charge in [0.2, 0.25) is 0 Å². The molecule has 3 rings (SSSR count). The van der Waals surface area contributed by atoms with Crippen molar-refractivity contribution in [2.24, 2.45) is 0 Å². The molecule has 0 atom stereocenters. The van der Waals surface area contributed by atoms with Crippen molar-refractivity contribution in [3.05, 3.63) is 29.3 Å². The minimum atomic E-state index is 0.835. The van der Waals surface area contributed by atoms with Gasteiger partial charge < -0.3 is 4.74 Å². The average molecular weight is 317 g/mol. The normalized spacial score (nSPS) is 11.0. The van der Waals surface area contributed by atoms with Gasteiger partial charge in [-0.25, -0.2) is 4.98 Å². The fourth-order valence-electron chi connectivity index (χ4n) is 2.09. The van der Waals surface area contributed by atoms with E-state index in [4.69, 9.17) is 4.74 Å². The first-order chi connectivity index (χ1) is 10.2. The van der Waals surface area contributed by atoms with Gasteiger partial charge in [-0.1, -0.05) is 6.92 Å². The lowest BCUT2D eigenvalue weighted by Gasteiger charge is -2.05. The first-order valence-corrected chi connectivity index (χ1v) is 8.44. The summed E-state index contributed by atoms with van der Waals surface area (Å²) in [7, 11) is 1.66. The third-order valence-electron chi connectivity index (χ3n) is 3.04. The van der Waals surface area contributed by atoms with Crippen molar-refractivity contribution in [1.29, 1.82) is 0 Å². The van der Waals surface area contributed by atoms with Crippen molar-refractivity contribution in [3.8, 4) is 17.0 Å². The van der Waals surface area contributed by atoms with Gasteiger partial charge >= 0.3 is 0 Å². The van der Waals surface area contributed by atoms with Crippen LogP contribution in [0, 0.1) is 6.92 Å². The Labute approximate surface area is 131 Å². The highest BCUT2D eigenvalue weighted by Crippen LogP contribution is 2.35. The minimum Gasteiger partial charge on any atom is -0.497 e. The molecule has 0 aliphatic rings. The molecule has 1 aromatic carbocycles. The molecule has 2 heterocycles. The van der Waals surface area contributed by atoms with Crippen molar-refractivity contribution in [1.82, 2.24) is 15.2 Å².